The fraction of sp³-hybridized carbons (Fsp3) is 0.450. The Morgan fingerprint density at radius 1 is 1.04 bits per heavy atom. The zero-order valence-electron chi connectivity index (χ0n) is 15.7. The maximum absolute atomic E-state index is 12.1. The maximum atomic E-state index is 12.1. The molecule has 0 aliphatic rings. The number of thiophene rings is 1. The Morgan fingerprint density at radius 3 is 2.63 bits per heavy atom. The molecule has 1 aromatic carbocycles. The van der Waals surface area contributed by atoms with E-state index in [1.165, 1.54) is 29.9 Å². The molecule has 0 aliphatic carbocycles. The second kappa shape index (κ2) is 13.2. The minimum atomic E-state index is -0.0857. The number of carbonyl (C=O) groups is 1. The molecule has 0 saturated heterocycles. The smallest absolute Gasteiger partial charge is 0.251 e. The molecule has 27 heavy (non-hydrogen) atoms. The van der Waals surface area contributed by atoms with E-state index in [1.807, 2.05) is 0 Å². The summed E-state index contributed by atoms with van der Waals surface area (Å²) in [6.07, 6.45) is 5.19. The topological polar surface area (TPSA) is 53.2 Å². The van der Waals surface area contributed by atoms with Gasteiger partial charge in [-0.25, -0.2) is 0 Å². The summed E-state index contributed by atoms with van der Waals surface area (Å²) in [4.78, 5) is 13.3. The van der Waals surface area contributed by atoms with Gasteiger partial charge in [0.15, 0.2) is 0 Å². The molecule has 1 amide bonds. The van der Waals surface area contributed by atoms with Crippen LogP contribution in [0.4, 0.5) is 0 Å². The second-order valence-corrected chi connectivity index (χ2v) is 9.01. The van der Waals surface area contributed by atoms with E-state index in [-0.39, 0.29) is 5.91 Å². The van der Waals surface area contributed by atoms with E-state index in [9.17, 15) is 4.79 Å². The molecule has 0 aliphatic heterocycles. The van der Waals surface area contributed by atoms with Crippen LogP contribution in [-0.2, 0) is 6.54 Å². The molecule has 0 fully saturated rings. The lowest BCUT2D eigenvalue weighted by molar-refractivity contribution is 0.0951. The summed E-state index contributed by atoms with van der Waals surface area (Å²) in [5, 5.41) is 7.03. The van der Waals surface area contributed by atoms with Crippen LogP contribution in [-0.4, -0.2) is 25.5 Å². The van der Waals surface area contributed by atoms with Gasteiger partial charge in [0.1, 0.15) is 0 Å². The van der Waals surface area contributed by atoms with Crippen molar-refractivity contribution in [3.05, 3.63) is 51.9 Å². The molecular weight excluding hydrogens is 398 g/mol. The lowest BCUT2D eigenvalue weighted by Crippen LogP contribution is -2.24. The molecule has 1 aromatic heterocycles. The van der Waals surface area contributed by atoms with E-state index in [0.29, 0.717) is 17.1 Å². The van der Waals surface area contributed by atoms with Crippen LogP contribution in [0.15, 0.2) is 40.6 Å². The third kappa shape index (κ3) is 9.12. The van der Waals surface area contributed by atoms with E-state index >= 15 is 0 Å². The van der Waals surface area contributed by atoms with E-state index in [1.54, 1.807) is 47.6 Å². The van der Waals surface area contributed by atoms with E-state index in [4.69, 9.17) is 11.6 Å². The van der Waals surface area contributed by atoms with Crippen molar-refractivity contribution in [1.29, 1.82) is 0 Å². The van der Waals surface area contributed by atoms with Crippen LogP contribution in [0.25, 0.3) is 0 Å². The van der Waals surface area contributed by atoms with Crippen LogP contribution < -0.4 is 15.4 Å². The number of halogens is 1. The van der Waals surface area contributed by atoms with Crippen LogP contribution in [0.5, 0.6) is 0 Å². The molecule has 0 atom stereocenters. The van der Waals surface area contributed by atoms with Gasteiger partial charge in [0.05, 0.1) is 10.8 Å². The molecule has 4 nitrogen and oxygen atoms in total. The van der Waals surface area contributed by atoms with Crippen molar-refractivity contribution in [3.8, 4) is 0 Å². The molecule has 7 heteroatoms. The standard InChI is InChI=1S/C20H28ClN3OS2/c1-2-3-4-5-12-22-13-14-24-27-19-11-10-18(26-19)15-23-20(25)16-6-8-17(21)9-7-16/h6-11,22,24H,2-5,12-15H2,1H3,(H,23,25). The van der Waals surface area contributed by atoms with E-state index < -0.39 is 0 Å². The lowest BCUT2D eigenvalue weighted by atomic mass is 10.2. The van der Waals surface area contributed by atoms with Crippen molar-refractivity contribution in [2.24, 2.45) is 0 Å². The van der Waals surface area contributed by atoms with Crippen LogP contribution in [0.2, 0.25) is 5.02 Å². The highest BCUT2D eigenvalue weighted by atomic mass is 35.5. The van der Waals surface area contributed by atoms with Crippen molar-refractivity contribution < 1.29 is 4.79 Å². The zero-order valence-corrected chi connectivity index (χ0v) is 18.1. The number of unbranched alkanes of at least 4 members (excludes halogenated alkanes) is 3. The second-order valence-electron chi connectivity index (χ2n) is 6.22. The van der Waals surface area contributed by atoms with Gasteiger partial charge in [-0.15, -0.1) is 11.3 Å². The molecule has 0 unspecified atom stereocenters. The number of nitrogens with one attached hydrogen (secondary N) is 3. The average Bonchev–Trinajstić information content (AvgIpc) is 3.13. The fourth-order valence-corrected chi connectivity index (χ4v) is 4.39. The molecule has 148 valence electrons. The van der Waals surface area contributed by atoms with Gasteiger partial charge >= 0.3 is 0 Å². The predicted molar refractivity (Wildman–Crippen MR) is 118 cm³/mol. The zero-order chi connectivity index (χ0) is 19.3. The maximum Gasteiger partial charge on any atom is 0.251 e. The van der Waals surface area contributed by atoms with Gasteiger partial charge < -0.3 is 10.6 Å². The Morgan fingerprint density at radius 2 is 1.85 bits per heavy atom. The van der Waals surface area contributed by atoms with Gasteiger partial charge in [-0.1, -0.05) is 37.8 Å². The van der Waals surface area contributed by atoms with Gasteiger partial charge in [-0.2, -0.15) is 0 Å². The van der Waals surface area contributed by atoms with Gasteiger partial charge in [-0.05, 0) is 61.3 Å². The Bertz CT molecular complexity index is 676. The summed E-state index contributed by atoms with van der Waals surface area (Å²) in [5.74, 6) is -0.0857. The molecule has 0 bridgehead atoms. The molecule has 0 saturated carbocycles. The number of hydrogen-bond donors (Lipinski definition) is 3. The highest BCUT2D eigenvalue weighted by Crippen LogP contribution is 2.25. The van der Waals surface area contributed by atoms with Crippen LogP contribution >= 0.6 is 34.9 Å². The number of amides is 1. The van der Waals surface area contributed by atoms with Gasteiger partial charge in [0, 0.05) is 28.6 Å². The summed E-state index contributed by atoms with van der Waals surface area (Å²) in [5.41, 5.74) is 0.620. The van der Waals surface area contributed by atoms with Gasteiger partial charge in [-0.3, -0.25) is 9.52 Å². The minimum Gasteiger partial charge on any atom is -0.347 e. The number of benzene rings is 1. The van der Waals surface area contributed by atoms with E-state index in [2.05, 4.69) is 34.4 Å². The first-order valence-corrected chi connectivity index (χ1v) is 11.4. The van der Waals surface area contributed by atoms with Crippen molar-refractivity contribution in [2.75, 3.05) is 19.6 Å². The summed E-state index contributed by atoms with van der Waals surface area (Å²) in [6.45, 7) is 5.78. The largest absolute Gasteiger partial charge is 0.347 e. The van der Waals surface area contributed by atoms with Crippen LogP contribution in [0.1, 0.15) is 47.8 Å². The predicted octanol–water partition coefficient (Wildman–Crippen LogP) is 5.10. The van der Waals surface area contributed by atoms with E-state index in [0.717, 1.165) is 24.5 Å². The SMILES string of the molecule is CCCCCCNCCNSc1ccc(CNC(=O)c2ccc(Cl)cc2)s1. The Kier molecular flexibility index (Phi) is 10.9. The molecular formula is C20H28ClN3OS2. The molecule has 1 heterocycles. The lowest BCUT2D eigenvalue weighted by Gasteiger charge is -2.05. The van der Waals surface area contributed by atoms with Crippen LogP contribution in [0.3, 0.4) is 0 Å². The third-order valence-corrected chi connectivity index (χ3v) is 6.27. The highest BCUT2D eigenvalue weighted by Gasteiger charge is 2.06. The molecule has 0 spiro atoms. The fourth-order valence-electron chi connectivity index (χ4n) is 2.44. The van der Waals surface area contributed by atoms with Crippen LogP contribution in [0, 0.1) is 0 Å². The van der Waals surface area contributed by atoms with Crippen molar-refractivity contribution in [2.45, 2.75) is 43.4 Å². The van der Waals surface area contributed by atoms with Gasteiger partial charge in [0.2, 0.25) is 0 Å². The number of rotatable bonds is 13. The first kappa shape index (κ1) is 22.2. The third-order valence-electron chi connectivity index (χ3n) is 3.95. The molecule has 3 N–H and O–H groups in total. The first-order chi connectivity index (χ1) is 13.2. The summed E-state index contributed by atoms with van der Waals surface area (Å²) in [7, 11) is 0. The van der Waals surface area contributed by atoms with Crippen molar-refractivity contribution >= 4 is 40.8 Å². The minimum absolute atomic E-state index is 0.0857. The molecule has 2 aromatic rings. The number of carbonyl (C=O) groups excluding carboxylic acids is 1. The van der Waals surface area contributed by atoms with Crippen molar-refractivity contribution in [1.82, 2.24) is 15.4 Å². The summed E-state index contributed by atoms with van der Waals surface area (Å²) < 4.78 is 4.58. The first-order valence-electron chi connectivity index (χ1n) is 9.42. The normalized spacial score (nSPS) is 10.9. The summed E-state index contributed by atoms with van der Waals surface area (Å²) in [6, 6.07) is 11.1. The average molecular weight is 426 g/mol. The molecule has 2 rings (SSSR count). The summed E-state index contributed by atoms with van der Waals surface area (Å²) >= 11 is 9.19. The Balaban J connectivity index is 1.58. The van der Waals surface area contributed by atoms with Crippen molar-refractivity contribution in [3.63, 3.8) is 0 Å². The Labute approximate surface area is 175 Å². The monoisotopic (exact) mass is 425 g/mol. The highest BCUT2D eigenvalue weighted by molar-refractivity contribution is 7.99. The number of hydrogen-bond acceptors (Lipinski definition) is 5. The quantitative estimate of drug-likeness (QED) is 0.308. The van der Waals surface area contributed by atoms with Gasteiger partial charge in [0.25, 0.3) is 5.91 Å². The Hall–Kier alpha value is -1.05. The molecule has 0 radical (unpaired) electrons.